The Balaban J connectivity index is 3.04. The summed E-state index contributed by atoms with van der Waals surface area (Å²) in [6, 6.07) is 7.26. The maximum absolute atomic E-state index is 12.4. The van der Waals surface area contributed by atoms with Crippen LogP contribution in [0.4, 0.5) is 18.9 Å². The van der Waals surface area contributed by atoms with Gasteiger partial charge < -0.3 is 0 Å². The fourth-order valence-corrected chi connectivity index (χ4v) is 1.44. The van der Waals surface area contributed by atoms with Crippen LogP contribution < -0.4 is 4.90 Å². The third-order valence-corrected chi connectivity index (χ3v) is 2.66. The molecule has 0 spiro atoms. The second-order valence-corrected chi connectivity index (χ2v) is 3.96. The summed E-state index contributed by atoms with van der Waals surface area (Å²) in [5.41, 5.74) is 0.0362. The Hall–Kier alpha value is -1.37. The topological polar surface area (TPSA) is 37.4 Å². The van der Waals surface area contributed by atoms with Crippen molar-refractivity contribution in [3.05, 3.63) is 30.3 Å². The van der Waals surface area contributed by atoms with Crippen molar-refractivity contribution >= 4 is 33.3 Å². The van der Waals surface area contributed by atoms with E-state index in [2.05, 4.69) is 15.9 Å². The van der Waals surface area contributed by atoms with Crippen LogP contribution in [-0.2, 0) is 9.59 Å². The van der Waals surface area contributed by atoms with E-state index >= 15 is 0 Å². The van der Waals surface area contributed by atoms with E-state index in [1.165, 1.54) is 24.3 Å². The molecule has 3 nitrogen and oxygen atoms in total. The molecule has 1 rings (SSSR count). The maximum Gasteiger partial charge on any atom is 0.471 e. The molecule has 0 fully saturated rings. The number of alkyl halides is 4. The van der Waals surface area contributed by atoms with E-state index in [1.807, 2.05) is 0 Å². The summed E-state index contributed by atoms with van der Waals surface area (Å²) in [5.74, 6) is -2.57. The zero-order valence-corrected chi connectivity index (χ0v) is 10.7. The summed E-state index contributed by atoms with van der Waals surface area (Å²) in [6.45, 7) is -0.617. The first kappa shape index (κ1) is 14.7. The van der Waals surface area contributed by atoms with Crippen LogP contribution in [0.1, 0.15) is 0 Å². The highest BCUT2D eigenvalue weighted by Gasteiger charge is 2.43. The first-order chi connectivity index (χ1) is 8.36. The normalized spacial score (nSPS) is 11.1. The van der Waals surface area contributed by atoms with Gasteiger partial charge in [0.1, 0.15) is 0 Å². The largest absolute Gasteiger partial charge is 0.471 e. The van der Waals surface area contributed by atoms with Gasteiger partial charge >= 0.3 is 12.1 Å². The highest BCUT2D eigenvalue weighted by Crippen LogP contribution is 2.23. The Morgan fingerprint density at radius 3 is 2.17 bits per heavy atom. The minimum Gasteiger partial charge on any atom is -0.297 e. The minimum absolute atomic E-state index is 0.0362. The number of halogens is 4. The van der Waals surface area contributed by atoms with Crippen molar-refractivity contribution in [2.45, 2.75) is 6.18 Å². The van der Waals surface area contributed by atoms with Gasteiger partial charge in [0.05, 0.1) is 11.9 Å². The fraction of sp³-hybridized carbons (Fsp3) is 0.273. The van der Waals surface area contributed by atoms with Crippen LogP contribution in [0.25, 0.3) is 0 Å². The summed E-state index contributed by atoms with van der Waals surface area (Å²) in [7, 11) is 0. The van der Waals surface area contributed by atoms with E-state index in [1.54, 1.807) is 6.07 Å². The Morgan fingerprint density at radius 2 is 1.72 bits per heavy atom. The zero-order valence-electron chi connectivity index (χ0n) is 9.08. The quantitative estimate of drug-likeness (QED) is 0.798. The second-order valence-electron chi connectivity index (χ2n) is 3.40. The van der Waals surface area contributed by atoms with Gasteiger partial charge in [-0.15, -0.1) is 0 Å². The van der Waals surface area contributed by atoms with Gasteiger partial charge in [-0.1, -0.05) is 34.1 Å². The molecule has 7 heteroatoms. The Labute approximate surface area is 110 Å². The van der Waals surface area contributed by atoms with Gasteiger partial charge in [0.25, 0.3) is 0 Å². The predicted molar refractivity (Wildman–Crippen MR) is 63.7 cm³/mol. The number of nitrogens with zero attached hydrogens (tertiary/aromatic N) is 1. The van der Waals surface area contributed by atoms with Crippen LogP contribution in [0.5, 0.6) is 0 Å². The van der Waals surface area contributed by atoms with Crippen molar-refractivity contribution in [2.24, 2.45) is 0 Å². The smallest absolute Gasteiger partial charge is 0.297 e. The predicted octanol–water partition coefficient (Wildman–Crippen LogP) is 2.55. The summed E-state index contributed by atoms with van der Waals surface area (Å²) < 4.78 is 37.3. The average molecular weight is 324 g/mol. The number of hydrogen-bond donors (Lipinski definition) is 0. The van der Waals surface area contributed by atoms with Crippen LogP contribution in [0.3, 0.4) is 0 Å². The molecule has 0 N–H and O–H groups in total. The molecule has 0 aliphatic carbocycles. The van der Waals surface area contributed by atoms with Crippen LogP contribution in [-0.4, -0.2) is 29.7 Å². The molecule has 1 amide bonds. The van der Waals surface area contributed by atoms with Crippen molar-refractivity contribution in [3.8, 4) is 0 Å². The lowest BCUT2D eigenvalue weighted by Crippen LogP contribution is -2.44. The lowest BCUT2D eigenvalue weighted by atomic mass is 10.2. The van der Waals surface area contributed by atoms with Gasteiger partial charge in [0.2, 0.25) is 0 Å². The third-order valence-electron chi connectivity index (χ3n) is 2.04. The lowest BCUT2D eigenvalue weighted by Gasteiger charge is -2.22. The average Bonchev–Trinajstić information content (AvgIpc) is 2.34. The zero-order chi connectivity index (χ0) is 13.8. The molecule has 18 heavy (non-hydrogen) atoms. The number of carbonyl (C=O) groups is 2. The highest BCUT2D eigenvalue weighted by atomic mass is 79.9. The van der Waals surface area contributed by atoms with Crippen molar-refractivity contribution in [2.75, 3.05) is 16.8 Å². The van der Waals surface area contributed by atoms with Crippen molar-refractivity contribution in [1.29, 1.82) is 0 Å². The number of ketones is 1. The van der Waals surface area contributed by atoms with Crippen LogP contribution in [0.2, 0.25) is 0 Å². The molecule has 0 aliphatic heterocycles. The summed E-state index contributed by atoms with van der Waals surface area (Å²) in [4.78, 5) is 22.9. The summed E-state index contributed by atoms with van der Waals surface area (Å²) >= 11 is 2.85. The molecule has 0 radical (unpaired) electrons. The first-order valence-corrected chi connectivity index (χ1v) is 6.00. The fourth-order valence-electron chi connectivity index (χ4n) is 1.26. The number of amides is 1. The Morgan fingerprint density at radius 1 is 1.17 bits per heavy atom. The van der Waals surface area contributed by atoms with E-state index < -0.39 is 24.4 Å². The van der Waals surface area contributed by atoms with E-state index in [0.29, 0.717) is 4.90 Å². The highest BCUT2D eigenvalue weighted by molar-refractivity contribution is 9.09. The number of hydrogen-bond acceptors (Lipinski definition) is 2. The SMILES string of the molecule is O=C(CBr)CN(C(=O)C(F)(F)F)c1ccccc1. The monoisotopic (exact) mass is 323 g/mol. The molecule has 0 atom stereocenters. The number of anilines is 1. The second kappa shape index (κ2) is 5.99. The summed E-state index contributed by atoms with van der Waals surface area (Å²) in [5, 5.41) is -0.110. The number of rotatable bonds is 4. The molecule has 0 bridgehead atoms. The van der Waals surface area contributed by atoms with Crippen LogP contribution >= 0.6 is 15.9 Å². The van der Waals surface area contributed by atoms with Gasteiger partial charge in [-0.2, -0.15) is 13.2 Å². The molecular formula is C11H9BrF3NO2. The van der Waals surface area contributed by atoms with E-state index in [9.17, 15) is 22.8 Å². The molecule has 0 unspecified atom stereocenters. The van der Waals surface area contributed by atoms with Crippen molar-refractivity contribution < 1.29 is 22.8 Å². The Kier molecular flexibility index (Phi) is 4.89. The van der Waals surface area contributed by atoms with E-state index in [0.717, 1.165) is 0 Å². The van der Waals surface area contributed by atoms with E-state index in [4.69, 9.17) is 0 Å². The van der Waals surface area contributed by atoms with E-state index in [-0.39, 0.29) is 11.0 Å². The molecular weight excluding hydrogens is 315 g/mol. The van der Waals surface area contributed by atoms with Gasteiger partial charge in [0.15, 0.2) is 5.78 Å². The molecule has 1 aromatic rings. The lowest BCUT2D eigenvalue weighted by molar-refractivity contribution is -0.170. The van der Waals surface area contributed by atoms with Gasteiger partial charge in [-0.3, -0.25) is 14.5 Å². The van der Waals surface area contributed by atoms with Gasteiger partial charge in [-0.05, 0) is 12.1 Å². The molecule has 0 heterocycles. The molecule has 0 aromatic heterocycles. The first-order valence-electron chi connectivity index (χ1n) is 4.87. The summed E-state index contributed by atoms with van der Waals surface area (Å²) in [6.07, 6.45) is -5.01. The standard InChI is InChI=1S/C11H9BrF3NO2/c12-6-9(17)7-16(10(18)11(13,14)15)8-4-2-1-3-5-8/h1-5H,6-7H2. The van der Waals surface area contributed by atoms with Crippen molar-refractivity contribution in [1.82, 2.24) is 0 Å². The number of benzene rings is 1. The molecule has 98 valence electrons. The number of para-hydroxylation sites is 1. The molecule has 0 aliphatic rings. The maximum atomic E-state index is 12.4. The minimum atomic E-state index is -5.01. The number of carbonyl (C=O) groups excluding carboxylic acids is 2. The van der Waals surface area contributed by atoms with Gasteiger partial charge in [-0.25, -0.2) is 0 Å². The van der Waals surface area contributed by atoms with Crippen LogP contribution in [0, 0.1) is 0 Å². The molecule has 1 aromatic carbocycles. The molecule has 0 saturated carbocycles. The third kappa shape index (κ3) is 3.83. The van der Waals surface area contributed by atoms with Gasteiger partial charge in [0, 0.05) is 5.69 Å². The van der Waals surface area contributed by atoms with Crippen molar-refractivity contribution in [3.63, 3.8) is 0 Å². The number of Topliss-reactive ketones (excluding diaryl/α,β-unsaturated/α-hetero) is 1. The Bertz CT molecular complexity index is 434. The van der Waals surface area contributed by atoms with Crippen LogP contribution in [0.15, 0.2) is 30.3 Å². The molecule has 0 saturated heterocycles.